The van der Waals surface area contributed by atoms with Crippen LogP contribution in [0.3, 0.4) is 0 Å². The number of halogens is 3. The highest BCUT2D eigenvalue weighted by atomic mass is 35.6. The Labute approximate surface area is 147 Å². The van der Waals surface area contributed by atoms with E-state index in [0.717, 1.165) is 0 Å². The van der Waals surface area contributed by atoms with Gasteiger partial charge in [-0.05, 0) is 5.75 Å². The van der Waals surface area contributed by atoms with Crippen LogP contribution in [-0.4, -0.2) is 74.0 Å². The number of amides is 1. The summed E-state index contributed by atoms with van der Waals surface area (Å²) in [7, 11) is 0. The third-order valence-corrected chi connectivity index (χ3v) is 4.26. The first kappa shape index (κ1) is 20.4. The number of alkyl halides is 3. The Morgan fingerprint density at radius 3 is 2.50 bits per heavy atom. The Morgan fingerprint density at radius 2 is 2.00 bits per heavy atom. The van der Waals surface area contributed by atoms with E-state index in [2.05, 4.69) is 5.32 Å². The maximum absolute atomic E-state index is 11.7. The summed E-state index contributed by atoms with van der Waals surface area (Å²) in [5, 5.41) is 31.5. The van der Waals surface area contributed by atoms with Crippen LogP contribution >= 0.6 is 46.6 Å². The van der Waals surface area contributed by atoms with Crippen molar-refractivity contribution in [1.29, 1.82) is 0 Å². The van der Waals surface area contributed by atoms with Crippen molar-refractivity contribution < 1.29 is 29.6 Å². The topological polar surface area (TPSA) is 108 Å². The zero-order valence-electron chi connectivity index (χ0n) is 11.6. The van der Waals surface area contributed by atoms with Gasteiger partial charge in [0.2, 0.25) is 3.79 Å². The molecule has 4 N–H and O–H groups in total. The molecule has 1 heterocycles. The second kappa shape index (κ2) is 8.98. The lowest BCUT2D eigenvalue weighted by atomic mass is 9.98. The smallest absolute Gasteiger partial charge is 0.407 e. The van der Waals surface area contributed by atoms with Crippen molar-refractivity contribution >= 4 is 52.7 Å². The molecule has 0 bridgehead atoms. The van der Waals surface area contributed by atoms with E-state index in [-0.39, 0.29) is 0 Å². The summed E-state index contributed by atoms with van der Waals surface area (Å²) in [5.74, 6) is 0.632. The lowest BCUT2D eigenvalue weighted by molar-refractivity contribution is -0.170. The number of alkyl carbamates (subject to hydrolysis) is 1. The molecule has 5 atom stereocenters. The molecule has 22 heavy (non-hydrogen) atoms. The summed E-state index contributed by atoms with van der Waals surface area (Å²) in [5.41, 5.74) is -0.666. The Balaban J connectivity index is 2.69. The van der Waals surface area contributed by atoms with Gasteiger partial charge in [0.25, 0.3) is 0 Å². The fourth-order valence-electron chi connectivity index (χ4n) is 1.87. The van der Waals surface area contributed by atoms with Crippen LogP contribution in [0.1, 0.15) is 6.92 Å². The third-order valence-electron chi connectivity index (χ3n) is 2.86. The lowest BCUT2D eigenvalue weighted by Gasteiger charge is -2.42. The summed E-state index contributed by atoms with van der Waals surface area (Å²) in [6.07, 6.45) is -4.54. The number of carbonyl (C=O) groups is 1. The van der Waals surface area contributed by atoms with Gasteiger partial charge in [-0.1, -0.05) is 41.7 Å². The molecule has 0 aromatic rings. The minimum absolute atomic E-state index is 0.455. The number of hydrogen-bond acceptors (Lipinski definition) is 7. The highest BCUT2D eigenvalue weighted by Gasteiger charge is 2.45. The Bertz CT molecular complexity index is 372. The molecule has 0 unspecified atom stereocenters. The summed E-state index contributed by atoms with van der Waals surface area (Å²) in [6, 6.07) is -0.939. The molecule has 1 fully saturated rings. The predicted octanol–water partition coefficient (Wildman–Crippen LogP) is 0.643. The van der Waals surface area contributed by atoms with Crippen molar-refractivity contribution in [2.45, 2.75) is 40.5 Å². The molecule has 0 saturated carbocycles. The van der Waals surface area contributed by atoms with Gasteiger partial charge in [-0.2, -0.15) is 0 Å². The molecule has 11 heteroatoms. The van der Waals surface area contributed by atoms with Crippen molar-refractivity contribution in [3.63, 3.8) is 0 Å². The van der Waals surface area contributed by atoms with Gasteiger partial charge in [0.1, 0.15) is 30.4 Å². The van der Waals surface area contributed by atoms with Gasteiger partial charge in [-0.15, -0.1) is 11.8 Å². The molecule has 0 aliphatic carbocycles. The molecular formula is C11H18Cl3NO6S. The first-order valence-corrected chi connectivity index (χ1v) is 8.62. The number of hydrogen-bond donors (Lipinski definition) is 4. The van der Waals surface area contributed by atoms with Gasteiger partial charge in [-0.25, -0.2) is 4.79 Å². The fraction of sp³-hybridized carbons (Fsp3) is 0.909. The average molecular weight is 399 g/mol. The number of thioether (sulfide) groups is 1. The van der Waals surface area contributed by atoms with Gasteiger partial charge in [0.05, 0.1) is 12.6 Å². The van der Waals surface area contributed by atoms with Crippen molar-refractivity contribution in [2.24, 2.45) is 0 Å². The van der Waals surface area contributed by atoms with E-state index < -0.39 is 52.9 Å². The highest BCUT2D eigenvalue weighted by molar-refractivity contribution is 7.99. The van der Waals surface area contributed by atoms with E-state index in [4.69, 9.17) is 49.4 Å². The zero-order valence-corrected chi connectivity index (χ0v) is 14.7. The quantitative estimate of drug-likeness (QED) is 0.503. The molecule has 130 valence electrons. The van der Waals surface area contributed by atoms with Crippen molar-refractivity contribution in [3.05, 3.63) is 0 Å². The summed E-state index contributed by atoms with van der Waals surface area (Å²) >= 11 is 17.7. The van der Waals surface area contributed by atoms with Crippen molar-refractivity contribution in [2.75, 3.05) is 19.0 Å². The van der Waals surface area contributed by atoms with E-state index in [0.29, 0.717) is 5.75 Å². The molecule has 1 rings (SSSR count). The second-order valence-electron chi connectivity index (χ2n) is 4.52. The fourth-order valence-corrected chi connectivity index (χ4v) is 3.02. The number of carbonyl (C=O) groups excluding carboxylic acids is 1. The minimum Gasteiger partial charge on any atom is -0.445 e. The molecule has 0 aromatic carbocycles. The van der Waals surface area contributed by atoms with Crippen LogP contribution < -0.4 is 5.32 Å². The largest absolute Gasteiger partial charge is 0.445 e. The van der Waals surface area contributed by atoms with Crippen molar-refractivity contribution in [3.8, 4) is 0 Å². The van der Waals surface area contributed by atoms with Crippen LogP contribution in [-0.2, 0) is 9.47 Å². The zero-order chi connectivity index (χ0) is 16.9. The van der Waals surface area contributed by atoms with Gasteiger partial charge in [0, 0.05) is 0 Å². The number of ether oxygens (including phenoxy) is 2. The SMILES string of the molecule is CCS[C@@H]1O[C@H](CO)[C@@H](O)[C@H](O)[C@H]1NC(=O)OCC(Cl)(Cl)Cl. The van der Waals surface area contributed by atoms with Crippen LogP contribution in [0.5, 0.6) is 0 Å². The second-order valence-corrected chi connectivity index (χ2v) is 8.41. The predicted molar refractivity (Wildman–Crippen MR) is 84.5 cm³/mol. The van der Waals surface area contributed by atoms with Gasteiger partial charge >= 0.3 is 6.09 Å². The highest BCUT2D eigenvalue weighted by Crippen LogP contribution is 2.29. The average Bonchev–Trinajstić information content (AvgIpc) is 2.44. The Kier molecular flexibility index (Phi) is 8.32. The number of rotatable bonds is 5. The first-order chi connectivity index (χ1) is 10.2. The van der Waals surface area contributed by atoms with Crippen LogP contribution in [0.25, 0.3) is 0 Å². The molecule has 1 amide bonds. The Hall–Kier alpha value is 0.330. The monoisotopic (exact) mass is 397 g/mol. The van der Waals surface area contributed by atoms with E-state index >= 15 is 0 Å². The maximum Gasteiger partial charge on any atom is 0.407 e. The minimum atomic E-state index is -1.75. The standard InChI is InChI=1S/C11H18Cl3NO6S/c1-2-22-9-6(8(18)7(17)5(3-16)21-9)15-10(19)20-4-11(12,13)14/h5-9,16-18H,2-4H2,1H3,(H,15,19)/t5-,6-,7-,8-,9+/m1/s1. The summed E-state index contributed by atoms with van der Waals surface area (Å²) in [6.45, 7) is 0.932. The maximum atomic E-state index is 11.7. The van der Waals surface area contributed by atoms with E-state index in [1.54, 1.807) is 0 Å². The molecule has 7 nitrogen and oxygen atoms in total. The number of nitrogens with one attached hydrogen (secondary N) is 1. The van der Waals surface area contributed by atoms with Crippen molar-refractivity contribution in [1.82, 2.24) is 5.32 Å². The summed E-state index contributed by atoms with van der Waals surface area (Å²) in [4.78, 5) is 11.7. The first-order valence-electron chi connectivity index (χ1n) is 6.43. The number of aliphatic hydroxyl groups excluding tert-OH is 3. The van der Waals surface area contributed by atoms with Gasteiger partial charge < -0.3 is 30.1 Å². The van der Waals surface area contributed by atoms with E-state index in [1.165, 1.54) is 11.8 Å². The molecule has 1 aliphatic heterocycles. The van der Waals surface area contributed by atoms with Crippen LogP contribution in [0.15, 0.2) is 0 Å². The summed E-state index contributed by atoms with van der Waals surface area (Å²) < 4.78 is 8.44. The van der Waals surface area contributed by atoms with Crippen LogP contribution in [0.4, 0.5) is 4.79 Å². The van der Waals surface area contributed by atoms with E-state index in [9.17, 15) is 15.0 Å². The normalized spacial score (nSPS) is 32.6. The van der Waals surface area contributed by atoms with E-state index in [1.807, 2.05) is 6.92 Å². The van der Waals surface area contributed by atoms with Gasteiger partial charge in [-0.3, -0.25) is 0 Å². The number of aliphatic hydroxyl groups is 3. The van der Waals surface area contributed by atoms with Crippen LogP contribution in [0, 0.1) is 0 Å². The molecule has 0 spiro atoms. The molecule has 1 aliphatic rings. The van der Waals surface area contributed by atoms with Gasteiger partial charge in [0.15, 0.2) is 0 Å². The molecule has 1 saturated heterocycles. The molecule has 0 aromatic heterocycles. The molecule has 0 radical (unpaired) electrons. The van der Waals surface area contributed by atoms with Crippen LogP contribution in [0.2, 0.25) is 0 Å². The Morgan fingerprint density at radius 1 is 1.36 bits per heavy atom. The third kappa shape index (κ3) is 6.09. The lowest BCUT2D eigenvalue weighted by Crippen LogP contribution is -2.63. The molecular weight excluding hydrogens is 381 g/mol.